The average Bonchev–Trinajstić information content (AvgIpc) is 2.43. The van der Waals surface area contributed by atoms with Crippen LogP contribution in [0.5, 0.6) is 0 Å². The third-order valence-electron chi connectivity index (χ3n) is 3.08. The molecule has 1 aliphatic rings. The molecule has 1 saturated heterocycles. The third-order valence-corrected chi connectivity index (χ3v) is 3.08. The maximum atomic E-state index is 12.3. The Morgan fingerprint density at radius 1 is 1.35 bits per heavy atom. The van der Waals surface area contributed by atoms with Gasteiger partial charge >= 0.3 is 12.0 Å². The molecule has 0 aromatic rings. The van der Waals surface area contributed by atoms with Gasteiger partial charge in [0.15, 0.2) is 0 Å². The van der Waals surface area contributed by atoms with E-state index in [1.54, 1.807) is 4.90 Å². The number of ether oxygens (including phenoxy) is 1. The van der Waals surface area contributed by atoms with E-state index in [0.29, 0.717) is 26.3 Å². The Bertz CT molecular complexity index is 368. The van der Waals surface area contributed by atoms with E-state index in [-0.39, 0.29) is 25.0 Å². The van der Waals surface area contributed by atoms with Gasteiger partial charge in [-0.25, -0.2) is 9.59 Å². The van der Waals surface area contributed by atoms with Crippen molar-refractivity contribution in [2.75, 3.05) is 39.4 Å². The molecule has 8 nitrogen and oxygen atoms in total. The highest BCUT2D eigenvalue weighted by atomic mass is 16.5. The first-order valence-electron chi connectivity index (χ1n) is 6.54. The highest BCUT2D eigenvalue weighted by Gasteiger charge is 2.29. The maximum Gasteiger partial charge on any atom is 0.326 e. The summed E-state index contributed by atoms with van der Waals surface area (Å²) >= 11 is 0. The van der Waals surface area contributed by atoms with Crippen LogP contribution in [0.25, 0.3) is 0 Å². The lowest BCUT2D eigenvalue weighted by Gasteiger charge is -2.34. The fourth-order valence-corrected chi connectivity index (χ4v) is 1.88. The van der Waals surface area contributed by atoms with Crippen LogP contribution in [0.3, 0.4) is 0 Å². The van der Waals surface area contributed by atoms with Crippen molar-refractivity contribution in [2.24, 2.45) is 0 Å². The second-order valence-corrected chi connectivity index (χ2v) is 4.57. The smallest absolute Gasteiger partial charge is 0.326 e. The van der Waals surface area contributed by atoms with Gasteiger partial charge in [0, 0.05) is 33.1 Å². The second-order valence-electron chi connectivity index (χ2n) is 4.57. The average molecular weight is 287 g/mol. The monoisotopic (exact) mass is 287 g/mol. The van der Waals surface area contributed by atoms with Crippen molar-refractivity contribution in [3.05, 3.63) is 0 Å². The van der Waals surface area contributed by atoms with Gasteiger partial charge < -0.3 is 25.0 Å². The van der Waals surface area contributed by atoms with Gasteiger partial charge in [-0.05, 0) is 6.92 Å². The molecule has 1 heterocycles. The molecule has 1 aliphatic heterocycles. The maximum absolute atomic E-state index is 12.3. The summed E-state index contributed by atoms with van der Waals surface area (Å²) in [5.41, 5.74) is 0. The normalized spacial score (nSPS) is 16.4. The highest BCUT2D eigenvalue weighted by molar-refractivity contribution is 5.82. The van der Waals surface area contributed by atoms with Crippen molar-refractivity contribution in [3.63, 3.8) is 0 Å². The van der Waals surface area contributed by atoms with Gasteiger partial charge in [-0.2, -0.15) is 0 Å². The summed E-state index contributed by atoms with van der Waals surface area (Å²) in [5.74, 6) is -1.29. The minimum atomic E-state index is -1.07. The molecular weight excluding hydrogens is 266 g/mol. The Morgan fingerprint density at radius 2 is 1.95 bits per heavy atom. The number of amides is 3. The van der Waals surface area contributed by atoms with E-state index in [0.717, 1.165) is 0 Å². The van der Waals surface area contributed by atoms with Crippen molar-refractivity contribution in [3.8, 4) is 0 Å². The zero-order valence-electron chi connectivity index (χ0n) is 11.8. The third kappa shape index (κ3) is 4.69. The summed E-state index contributed by atoms with van der Waals surface area (Å²) in [5, 5.41) is 11.6. The Labute approximate surface area is 117 Å². The molecule has 1 atom stereocenters. The SMILES string of the molecule is CC(=O)NCCN(C(=O)N1CCOCC1)C(C)C(=O)O. The summed E-state index contributed by atoms with van der Waals surface area (Å²) in [4.78, 5) is 37.1. The molecule has 20 heavy (non-hydrogen) atoms. The molecule has 1 unspecified atom stereocenters. The number of rotatable bonds is 5. The number of carbonyl (C=O) groups excluding carboxylic acids is 2. The van der Waals surface area contributed by atoms with Gasteiger partial charge in [0.05, 0.1) is 13.2 Å². The fraction of sp³-hybridized carbons (Fsp3) is 0.750. The van der Waals surface area contributed by atoms with Gasteiger partial charge in [-0.15, -0.1) is 0 Å². The number of hydrogen-bond acceptors (Lipinski definition) is 4. The van der Waals surface area contributed by atoms with Crippen LogP contribution in [0.15, 0.2) is 0 Å². The molecule has 114 valence electrons. The topological polar surface area (TPSA) is 99.2 Å². The highest BCUT2D eigenvalue weighted by Crippen LogP contribution is 2.07. The summed E-state index contributed by atoms with van der Waals surface area (Å²) in [6, 6.07) is -1.28. The molecule has 3 amide bonds. The number of nitrogens with zero attached hydrogens (tertiary/aromatic N) is 2. The van der Waals surface area contributed by atoms with Crippen LogP contribution in [0.1, 0.15) is 13.8 Å². The first kappa shape index (κ1) is 16.2. The molecule has 1 rings (SSSR count). The van der Waals surface area contributed by atoms with E-state index < -0.39 is 12.0 Å². The van der Waals surface area contributed by atoms with Gasteiger partial charge in [0.25, 0.3) is 0 Å². The van der Waals surface area contributed by atoms with Crippen LogP contribution in [0.2, 0.25) is 0 Å². The largest absolute Gasteiger partial charge is 0.480 e. The van der Waals surface area contributed by atoms with E-state index in [4.69, 9.17) is 9.84 Å². The van der Waals surface area contributed by atoms with Crippen LogP contribution in [-0.4, -0.2) is 78.2 Å². The number of aliphatic carboxylic acids is 1. The summed E-state index contributed by atoms with van der Waals surface area (Å²) in [6.07, 6.45) is 0. The fourth-order valence-electron chi connectivity index (χ4n) is 1.88. The number of carboxylic acid groups (broad SMARTS) is 1. The lowest BCUT2D eigenvalue weighted by molar-refractivity contribution is -0.141. The van der Waals surface area contributed by atoms with Crippen molar-refractivity contribution < 1.29 is 24.2 Å². The van der Waals surface area contributed by atoms with Crippen molar-refractivity contribution >= 4 is 17.9 Å². The zero-order chi connectivity index (χ0) is 15.1. The predicted octanol–water partition coefficient (Wildman–Crippen LogP) is -0.650. The molecule has 0 radical (unpaired) electrons. The number of hydrogen-bond donors (Lipinski definition) is 2. The van der Waals surface area contributed by atoms with Gasteiger partial charge in [-0.3, -0.25) is 4.79 Å². The van der Waals surface area contributed by atoms with Crippen LogP contribution in [0.4, 0.5) is 4.79 Å². The molecule has 2 N–H and O–H groups in total. The number of nitrogens with one attached hydrogen (secondary N) is 1. The minimum absolute atomic E-state index is 0.156. The quantitative estimate of drug-likeness (QED) is 0.700. The number of urea groups is 1. The minimum Gasteiger partial charge on any atom is -0.480 e. The molecule has 8 heteroatoms. The van der Waals surface area contributed by atoms with E-state index in [9.17, 15) is 14.4 Å². The van der Waals surface area contributed by atoms with E-state index in [1.807, 2.05) is 0 Å². The van der Waals surface area contributed by atoms with E-state index in [2.05, 4.69) is 5.32 Å². The molecular formula is C12H21N3O5. The Balaban J connectivity index is 2.66. The first-order valence-corrected chi connectivity index (χ1v) is 6.54. The number of carboxylic acids is 1. The van der Waals surface area contributed by atoms with Crippen LogP contribution in [-0.2, 0) is 14.3 Å². The van der Waals surface area contributed by atoms with Crippen LogP contribution >= 0.6 is 0 Å². The number of carbonyl (C=O) groups is 3. The van der Waals surface area contributed by atoms with E-state index in [1.165, 1.54) is 18.7 Å². The Morgan fingerprint density at radius 3 is 2.45 bits per heavy atom. The summed E-state index contributed by atoms with van der Waals surface area (Å²) < 4.78 is 5.16. The van der Waals surface area contributed by atoms with Gasteiger partial charge in [0.2, 0.25) is 5.91 Å². The summed E-state index contributed by atoms with van der Waals surface area (Å²) in [6.45, 7) is 5.00. The Kier molecular flexibility index (Phi) is 6.23. The van der Waals surface area contributed by atoms with Gasteiger partial charge in [0.1, 0.15) is 6.04 Å². The standard InChI is InChI=1S/C12H21N3O5/c1-9(11(17)18)15(4-3-13-10(2)16)12(19)14-5-7-20-8-6-14/h9H,3-8H2,1-2H3,(H,13,16)(H,17,18). The molecule has 0 saturated carbocycles. The van der Waals surface area contributed by atoms with Crippen LogP contribution in [0, 0.1) is 0 Å². The second kappa shape index (κ2) is 7.68. The van der Waals surface area contributed by atoms with Crippen molar-refractivity contribution in [2.45, 2.75) is 19.9 Å². The van der Waals surface area contributed by atoms with Gasteiger partial charge in [-0.1, -0.05) is 0 Å². The molecule has 1 fully saturated rings. The first-order chi connectivity index (χ1) is 9.43. The molecule has 0 spiro atoms. The van der Waals surface area contributed by atoms with Crippen LogP contribution < -0.4 is 5.32 Å². The van der Waals surface area contributed by atoms with Crippen molar-refractivity contribution in [1.29, 1.82) is 0 Å². The lowest BCUT2D eigenvalue weighted by atomic mass is 10.3. The zero-order valence-corrected chi connectivity index (χ0v) is 11.8. The summed E-state index contributed by atoms with van der Waals surface area (Å²) in [7, 11) is 0. The molecule has 0 aliphatic carbocycles. The van der Waals surface area contributed by atoms with E-state index >= 15 is 0 Å². The number of morpholine rings is 1. The molecule has 0 bridgehead atoms. The van der Waals surface area contributed by atoms with Crippen molar-refractivity contribution in [1.82, 2.24) is 15.1 Å². The lowest BCUT2D eigenvalue weighted by Crippen LogP contribution is -2.54. The Hall–Kier alpha value is -1.83. The molecule has 0 aromatic carbocycles. The predicted molar refractivity (Wildman–Crippen MR) is 70.3 cm³/mol. The molecule has 0 aromatic heterocycles.